The van der Waals surface area contributed by atoms with E-state index in [1.807, 2.05) is 13.8 Å². The van der Waals surface area contributed by atoms with E-state index in [1.54, 1.807) is 0 Å². The van der Waals surface area contributed by atoms with Crippen molar-refractivity contribution in [2.24, 2.45) is 0 Å². The van der Waals surface area contributed by atoms with Crippen molar-refractivity contribution in [1.29, 1.82) is 0 Å². The van der Waals surface area contributed by atoms with Crippen molar-refractivity contribution in [3.05, 3.63) is 35.5 Å². The number of rotatable bonds is 2. The van der Waals surface area contributed by atoms with E-state index in [1.165, 1.54) is 48.0 Å². The fraction of sp³-hybridized carbons (Fsp3) is 0.571. The fourth-order valence-corrected chi connectivity index (χ4v) is 1.85. The average Bonchev–Trinajstić information content (AvgIpc) is 2.20. The van der Waals surface area contributed by atoms with E-state index in [0.29, 0.717) is 0 Å². The summed E-state index contributed by atoms with van der Waals surface area (Å²) in [6.45, 7) is 16.2. The Labute approximate surface area is 89.4 Å². The first-order chi connectivity index (χ1) is 6.63. The molecule has 1 aliphatic rings. The highest BCUT2D eigenvalue weighted by atomic mass is 14.2. The van der Waals surface area contributed by atoms with Crippen molar-refractivity contribution in [2.45, 2.75) is 53.4 Å². The van der Waals surface area contributed by atoms with Crippen LogP contribution in [0.3, 0.4) is 0 Å². The smallest absolute Gasteiger partial charge is 0.0274 e. The molecular weight excluding hydrogens is 168 g/mol. The van der Waals surface area contributed by atoms with Gasteiger partial charge in [-0.2, -0.15) is 0 Å². The first kappa shape index (κ1) is 13.2. The Morgan fingerprint density at radius 1 is 0.857 bits per heavy atom. The van der Waals surface area contributed by atoms with Crippen molar-refractivity contribution in [3.8, 4) is 0 Å². The molecule has 80 valence electrons. The summed E-state index contributed by atoms with van der Waals surface area (Å²) in [6.07, 6.45) is 5.05. The molecule has 0 amide bonds. The second-order valence-electron chi connectivity index (χ2n) is 3.72. The normalized spacial score (nSPS) is 15.7. The summed E-state index contributed by atoms with van der Waals surface area (Å²) in [6, 6.07) is 0. The third-order valence-electron chi connectivity index (χ3n) is 2.50. The second kappa shape index (κ2) is 6.64. The minimum atomic E-state index is 1.21. The van der Waals surface area contributed by atoms with Crippen LogP contribution < -0.4 is 0 Å². The van der Waals surface area contributed by atoms with E-state index in [2.05, 4.69) is 27.0 Å². The summed E-state index contributed by atoms with van der Waals surface area (Å²) >= 11 is 0. The van der Waals surface area contributed by atoms with E-state index in [-0.39, 0.29) is 0 Å². The number of allylic oxidation sites excluding steroid dienone is 4. The molecule has 0 saturated heterocycles. The maximum atomic E-state index is 4.01. The van der Waals surface area contributed by atoms with Crippen LogP contribution in [0.4, 0.5) is 0 Å². The third-order valence-corrected chi connectivity index (χ3v) is 2.50. The Morgan fingerprint density at radius 3 is 1.36 bits per heavy atom. The van der Waals surface area contributed by atoms with Crippen LogP contribution in [0.1, 0.15) is 53.4 Å². The van der Waals surface area contributed by atoms with Gasteiger partial charge in [0, 0.05) is 0 Å². The lowest BCUT2D eigenvalue weighted by atomic mass is 9.85. The quantitative estimate of drug-likeness (QED) is 0.575. The van der Waals surface area contributed by atoms with Gasteiger partial charge in [-0.3, -0.25) is 0 Å². The van der Waals surface area contributed by atoms with Gasteiger partial charge in [-0.1, -0.05) is 38.2 Å². The molecule has 0 heterocycles. The van der Waals surface area contributed by atoms with Crippen molar-refractivity contribution >= 4 is 0 Å². The van der Waals surface area contributed by atoms with E-state index < -0.39 is 0 Å². The van der Waals surface area contributed by atoms with Gasteiger partial charge in [0.2, 0.25) is 0 Å². The summed E-state index contributed by atoms with van der Waals surface area (Å²) in [4.78, 5) is 0. The van der Waals surface area contributed by atoms with Gasteiger partial charge in [0.05, 0.1) is 0 Å². The van der Waals surface area contributed by atoms with Crippen LogP contribution in [0, 0.1) is 0 Å². The van der Waals surface area contributed by atoms with Gasteiger partial charge >= 0.3 is 0 Å². The fourth-order valence-electron chi connectivity index (χ4n) is 1.85. The summed E-state index contributed by atoms with van der Waals surface area (Å²) in [5, 5.41) is 0. The molecular formula is C14H24. The molecule has 0 atom stereocenters. The Hall–Kier alpha value is -0.780. The topological polar surface area (TPSA) is 0 Å². The summed E-state index contributed by atoms with van der Waals surface area (Å²) < 4.78 is 0. The van der Waals surface area contributed by atoms with Crippen LogP contribution in [0.2, 0.25) is 0 Å². The Kier molecular flexibility index (Phi) is 6.27. The first-order valence-corrected chi connectivity index (χ1v) is 5.66. The highest BCUT2D eigenvalue weighted by molar-refractivity contribution is 5.42. The minimum Gasteiger partial charge on any atom is -0.0958 e. The highest BCUT2D eigenvalue weighted by Crippen LogP contribution is 2.32. The van der Waals surface area contributed by atoms with E-state index in [9.17, 15) is 0 Å². The first-order valence-electron chi connectivity index (χ1n) is 5.66. The zero-order chi connectivity index (χ0) is 11.1. The molecule has 0 aromatic carbocycles. The molecule has 0 aromatic rings. The molecule has 1 rings (SSSR count). The van der Waals surface area contributed by atoms with Gasteiger partial charge in [-0.25, -0.2) is 0 Å². The van der Waals surface area contributed by atoms with Crippen molar-refractivity contribution in [3.63, 3.8) is 0 Å². The number of hydrogen-bond donors (Lipinski definition) is 0. The minimum absolute atomic E-state index is 1.21. The standard InChI is InChI=1S/C12H18.C2H6/c1-9(2)11-7-5-6-8-12(11)10(3)4;1-2/h1,3,5-8H2,2,4H3;1-2H3. The van der Waals surface area contributed by atoms with Crippen LogP contribution in [-0.4, -0.2) is 0 Å². The zero-order valence-electron chi connectivity index (χ0n) is 10.2. The molecule has 14 heavy (non-hydrogen) atoms. The molecule has 0 bridgehead atoms. The van der Waals surface area contributed by atoms with Crippen LogP contribution >= 0.6 is 0 Å². The van der Waals surface area contributed by atoms with Gasteiger partial charge in [0.15, 0.2) is 0 Å². The van der Waals surface area contributed by atoms with Crippen molar-refractivity contribution in [1.82, 2.24) is 0 Å². The molecule has 0 radical (unpaired) electrons. The molecule has 0 aliphatic heterocycles. The van der Waals surface area contributed by atoms with Gasteiger partial charge in [0.25, 0.3) is 0 Å². The lowest BCUT2D eigenvalue weighted by Crippen LogP contribution is -2.01. The second-order valence-corrected chi connectivity index (χ2v) is 3.72. The van der Waals surface area contributed by atoms with Gasteiger partial charge in [-0.15, -0.1) is 0 Å². The van der Waals surface area contributed by atoms with Gasteiger partial charge in [-0.05, 0) is 50.7 Å². The Morgan fingerprint density at radius 2 is 1.14 bits per heavy atom. The predicted molar refractivity (Wildman–Crippen MR) is 66.5 cm³/mol. The van der Waals surface area contributed by atoms with E-state index in [0.717, 1.165) is 0 Å². The van der Waals surface area contributed by atoms with E-state index in [4.69, 9.17) is 0 Å². The molecule has 0 nitrogen and oxygen atoms in total. The van der Waals surface area contributed by atoms with Crippen molar-refractivity contribution < 1.29 is 0 Å². The van der Waals surface area contributed by atoms with Crippen LogP contribution in [0.5, 0.6) is 0 Å². The third kappa shape index (κ3) is 3.53. The SMILES string of the molecule is C=C(C)C1=C(C(=C)C)CCCC1.CC. The molecule has 0 aromatic heterocycles. The maximum absolute atomic E-state index is 4.01. The molecule has 0 unspecified atom stereocenters. The zero-order valence-corrected chi connectivity index (χ0v) is 10.2. The summed E-state index contributed by atoms with van der Waals surface area (Å²) in [5.74, 6) is 0. The monoisotopic (exact) mass is 192 g/mol. The highest BCUT2D eigenvalue weighted by Gasteiger charge is 2.12. The van der Waals surface area contributed by atoms with Crippen LogP contribution in [0.25, 0.3) is 0 Å². The van der Waals surface area contributed by atoms with Crippen molar-refractivity contribution in [2.75, 3.05) is 0 Å². The lowest BCUT2D eigenvalue weighted by Gasteiger charge is -2.20. The molecule has 0 saturated carbocycles. The summed E-state index contributed by atoms with van der Waals surface area (Å²) in [7, 11) is 0. The number of hydrogen-bond acceptors (Lipinski definition) is 0. The lowest BCUT2D eigenvalue weighted by molar-refractivity contribution is 0.682. The molecule has 0 N–H and O–H groups in total. The largest absolute Gasteiger partial charge is 0.0958 e. The Bertz CT molecular complexity index is 215. The van der Waals surface area contributed by atoms with Gasteiger partial charge in [0.1, 0.15) is 0 Å². The average molecular weight is 192 g/mol. The summed E-state index contributed by atoms with van der Waals surface area (Å²) in [5.41, 5.74) is 5.39. The molecule has 1 aliphatic carbocycles. The van der Waals surface area contributed by atoms with E-state index >= 15 is 0 Å². The maximum Gasteiger partial charge on any atom is -0.0274 e. The Balaban J connectivity index is 0.000000791. The van der Waals surface area contributed by atoms with Crippen LogP contribution in [-0.2, 0) is 0 Å². The van der Waals surface area contributed by atoms with Crippen LogP contribution in [0.15, 0.2) is 35.5 Å². The molecule has 0 fully saturated rings. The van der Waals surface area contributed by atoms with Gasteiger partial charge < -0.3 is 0 Å². The predicted octanol–water partition coefficient (Wildman–Crippen LogP) is 5.04. The molecule has 0 spiro atoms. The molecule has 0 heteroatoms.